The number of ether oxygens (including phenoxy) is 1. The molecule has 0 fully saturated rings. The van der Waals surface area contributed by atoms with Gasteiger partial charge in [0.2, 0.25) is 0 Å². The zero-order valence-electron chi connectivity index (χ0n) is 10.2. The highest BCUT2D eigenvalue weighted by Crippen LogP contribution is 2.27. The Hall–Kier alpha value is -1.81. The van der Waals surface area contributed by atoms with Crippen molar-refractivity contribution in [1.29, 1.82) is 0 Å². The Bertz CT molecular complexity index is 590. The Labute approximate surface area is 115 Å². The molecule has 0 saturated carbocycles. The van der Waals surface area contributed by atoms with Crippen LogP contribution in [-0.4, -0.2) is 7.11 Å². The third-order valence-corrected chi connectivity index (χ3v) is 3.00. The van der Waals surface area contributed by atoms with Crippen LogP contribution in [0.3, 0.4) is 0 Å². The molecular weight excluding hydrogens is 272 g/mol. The van der Waals surface area contributed by atoms with Crippen LogP contribution in [0, 0.1) is 11.6 Å². The molecule has 2 aromatic carbocycles. The second kappa shape index (κ2) is 5.89. The molecule has 0 saturated heterocycles. The number of halogens is 3. The van der Waals surface area contributed by atoms with E-state index in [2.05, 4.69) is 5.32 Å². The summed E-state index contributed by atoms with van der Waals surface area (Å²) in [5, 5.41) is 3.44. The average molecular weight is 284 g/mol. The molecule has 0 aliphatic carbocycles. The average Bonchev–Trinajstić information content (AvgIpc) is 2.42. The highest BCUT2D eigenvalue weighted by molar-refractivity contribution is 6.33. The number of benzene rings is 2. The zero-order chi connectivity index (χ0) is 13.8. The molecule has 1 N–H and O–H groups in total. The summed E-state index contributed by atoms with van der Waals surface area (Å²) in [6.45, 7) is 0.135. The molecule has 2 aromatic rings. The number of rotatable bonds is 4. The van der Waals surface area contributed by atoms with Crippen molar-refractivity contribution in [2.24, 2.45) is 0 Å². The summed E-state index contributed by atoms with van der Waals surface area (Å²) in [5.41, 5.74) is 0.837. The van der Waals surface area contributed by atoms with E-state index >= 15 is 0 Å². The van der Waals surface area contributed by atoms with Crippen molar-refractivity contribution in [2.45, 2.75) is 6.54 Å². The van der Waals surface area contributed by atoms with Crippen molar-refractivity contribution in [3.8, 4) is 5.75 Å². The van der Waals surface area contributed by atoms with E-state index in [-0.39, 0.29) is 12.1 Å². The van der Waals surface area contributed by atoms with Gasteiger partial charge in [-0.15, -0.1) is 0 Å². The lowest BCUT2D eigenvalue weighted by Crippen LogP contribution is -2.03. The molecule has 2 rings (SSSR count). The van der Waals surface area contributed by atoms with Gasteiger partial charge in [-0.1, -0.05) is 23.7 Å². The minimum Gasteiger partial charge on any atom is -0.497 e. The van der Waals surface area contributed by atoms with Crippen molar-refractivity contribution in [2.75, 3.05) is 12.4 Å². The molecule has 100 valence electrons. The van der Waals surface area contributed by atoms with Crippen LogP contribution < -0.4 is 10.1 Å². The van der Waals surface area contributed by atoms with Gasteiger partial charge < -0.3 is 10.1 Å². The first-order valence-electron chi connectivity index (χ1n) is 5.62. The lowest BCUT2D eigenvalue weighted by atomic mass is 10.2. The van der Waals surface area contributed by atoms with Gasteiger partial charge in [-0.25, -0.2) is 8.78 Å². The molecule has 0 unspecified atom stereocenters. The Kier molecular flexibility index (Phi) is 4.22. The maximum Gasteiger partial charge on any atom is 0.163 e. The van der Waals surface area contributed by atoms with Crippen LogP contribution in [0.15, 0.2) is 36.4 Å². The lowest BCUT2D eigenvalue weighted by Gasteiger charge is -2.11. The predicted octanol–water partition coefficient (Wildman–Crippen LogP) is 4.24. The fourth-order valence-electron chi connectivity index (χ4n) is 1.64. The van der Waals surface area contributed by atoms with E-state index < -0.39 is 11.6 Å². The van der Waals surface area contributed by atoms with Crippen molar-refractivity contribution < 1.29 is 13.5 Å². The summed E-state index contributed by atoms with van der Waals surface area (Å²) < 4.78 is 31.6. The minimum absolute atomic E-state index is 0.135. The van der Waals surface area contributed by atoms with Gasteiger partial charge in [-0.3, -0.25) is 0 Å². The topological polar surface area (TPSA) is 21.3 Å². The summed E-state index contributed by atoms with van der Waals surface area (Å²) in [5.74, 6) is -1.09. The molecule has 0 aliphatic rings. The molecule has 0 atom stereocenters. The molecule has 0 bridgehead atoms. The third kappa shape index (κ3) is 3.15. The first-order valence-corrected chi connectivity index (χ1v) is 6.00. The van der Waals surface area contributed by atoms with E-state index in [1.165, 1.54) is 12.1 Å². The van der Waals surface area contributed by atoms with Gasteiger partial charge in [0.25, 0.3) is 0 Å². The summed E-state index contributed by atoms with van der Waals surface area (Å²) in [6.07, 6.45) is 0. The molecule has 5 heteroatoms. The summed E-state index contributed by atoms with van der Waals surface area (Å²) in [6, 6.07) is 9.14. The molecule has 0 amide bonds. The SMILES string of the molecule is COc1ccc(Cl)c(NCc2cccc(F)c2F)c1. The molecule has 0 aromatic heterocycles. The van der Waals surface area contributed by atoms with Gasteiger partial charge in [0.15, 0.2) is 11.6 Å². The van der Waals surface area contributed by atoms with E-state index in [1.807, 2.05) is 0 Å². The van der Waals surface area contributed by atoms with Crippen LogP contribution in [0.5, 0.6) is 5.75 Å². The molecule has 2 nitrogen and oxygen atoms in total. The van der Waals surface area contributed by atoms with Crippen LogP contribution in [-0.2, 0) is 6.54 Å². The fourth-order valence-corrected chi connectivity index (χ4v) is 1.83. The summed E-state index contributed by atoms with van der Waals surface area (Å²) >= 11 is 6.00. The van der Waals surface area contributed by atoms with Gasteiger partial charge in [0, 0.05) is 18.2 Å². The molecular formula is C14H12ClF2NO. The Morgan fingerprint density at radius 2 is 2.00 bits per heavy atom. The Balaban J connectivity index is 2.16. The van der Waals surface area contributed by atoms with Crippen LogP contribution in [0.25, 0.3) is 0 Å². The summed E-state index contributed by atoms with van der Waals surface area (Å²) in [4.78, 5) is 0. The smallest absolute Gasteiger partial charge is 0.163 e. The quantitative estimate of drug-likeness (QED) is 0.906. The van der Waals surface area contributed by atoms with Crippen LogP contribution in [0.4, 0.5) is 14.5 Å². The maximum absolute atomic E-state index is 13.5. The first kappa shape index (κ1) is 13.6. The normalized spacial score (nSPS) is 10.3. The second-order valence-corrected chi connectivity index (χ2v) is 4.32. The Morgan fingerprint density at radius 1 is 1.21 bits per heavy atom. The summed E-state index contributed by atoms with van der Waals surface area (Å²) in [7, 11) is 1.54. The van der Waals surface area contributed by atoms with Gasteiger partial charge in [-0.05, 0) is 18.2 Å². The fraction of sp³-hybridized carbons (Fsp3) is 0.143. The van der Waals surface area contributed by atoms with Gasteiger partial charge in [-0.2, -0.15) is 0 Å². The van der Waals surface area contributed by atoms with E-state index in [0.717, 1.165) is 6.07 Å². The van der Waals surface area contributed by atoms with E-state index in [4.69, 9.17) is 16.3 Å². The molecule has 0 heterocycles. The monoisotopic (exact) mass is 283 g/mol. The highest BCUT2D eigenvalue weighted by atomic mass is 35.5. The van der Waals surface area contributed by atoms with E-state index in [0.29, 0.717) is 16.5 Å². The van der Waals surface area contributed by atoms with Crippen molar-refractivity contribution in [3.05, 3.63) is 58.6 Å². The van der Waals surface area contributed by atoms with Gasteiger partial charge in [0.1, 0.15) is 5.75 Å². The van der Waals surface area contributed by atoms with Crippen LogP contribution in [0.1, 0.15) is 5.56 Å². The molecule has 19 heavy (non-hydrogen) atoms. The third-order valence-electron chi connectivity index (χ3n) is 2.67. The standard InChI is InChI=1S/C14H12ClF2NO/c1-19-10-5-6-11(15)13(7-10)18-8-9-3-2-4-12(16)14(9)17/h2-7,18H,8H2,1H3. The largest absolute Gasteiger partial charge is 0.497 e. The van der Waals surface area contributed by atoms with Gasteiger partial charge in [0.05, 0.1) is 17.8 Å². The number of anilines is 1. The number of nitrogens with one attached hydrogen (secondary N) is 1. The van der Waals surface area contributed by atoms with Crippen molar-refractivity contribution in [1.82, 2.24) is 0 Å². The van der Waals surface area contributed by atoms with Crippen molar-refractivity contribution in [3.63, 3.8) is 0 Å². The van der Waals surface area contributed by atoms with Crippen LogP contribution in [0.2, 0.25) is 5.02 Å². The second-order valence-electron chi connectivity index (χ2n) is 3.91. The maximum atomic E-state index is 13.5. The molecule has 0 aliphatic heterocycles. The van der Waals surface area contributed by atoms with Gasteiger partial charge >= 0.3 is 0 Å². The molecule has 0 spiro atoms. The number of methoxy groups -OCH3 is 1. The zero-order valence-corrected chi connectivity index (χ0v) is 11.0. The lowest BCUT2D eigenvalue weighted by molar-refractivity contribution is 0.415. The first-order chi connectivity index (χ1) is 9.11. The Morgan fingerprint density at radius 3 is 2.74 bits per heavy atom. The predicted molar refractivity (Wildman–Crippen MR) is 71.7 cm³/mol. The number of hydrogen-bond acceptors (Lipinski definition) is 2. The van der Waals surface area contributed by atoms with E-state index in [1.54, 1.807) is 25.3 Å². The van der Waals surface area contributed by atoms with E-state index in [9.17, 15) is 8.78 Å². The number of hydrogen-bond donors (Lipinski definition) is 1. The van der Waals surface area contributed by atoms with Crippen LogP contribution >= 0.6 is 11.6 Å². The minimum atomic E-state index is -0.865. The molecule has 0 radical (unpaired) electrons. The van der Waals surface area contributed by atoms with Crippen molar-refractivity contribution >= 4 is 17.3 Å². The highest BCUT2D eigenvalue weighted by Gasteiger charge is 2.08.